The molecule has 1 heteroatoms. The number of rotatable bonds is 1. The highest BCUT2D eigenvalue weighted by atomic mass is 15.1. The van der Waals surface area contributed by atoms with Gasteiger partial charge in [0.25, 0.3) is 0 Å². The molecule has 0 aromatic carbocycles. The lowest BCUT2D eigenvalue weighted by Crippen LogP contribution is -2.14. The van der Waals surface area contributed by atoms with Crippen molar-refractivity contribution in [2.24, 2.45) is 5.92 Å². The highest BCUT2D eigenvalue weighted by Crippen LogP contribution is 2.29. The molecule has 1 nitrogen and oxygen atoms in total. The third-order valence-electron chi connectivity index (χ3n) is 2.66. The second-order valence-corrected chi connectivity index (χ2v) is 3.41. The first-order valence-electron chi connectivity index (χ1n) is 4.20. The van der Waals surface area contributed by atoms with Gasteiger partial charge in [0.2, 0.25) is 0 Å². The average Bonchev–Trinajstić information content (AvgIpc) is 2.71. The van der Waals surface area contributed by atoms with Crippen molar-refractivity contribution in [3.8, 4) is 0 Å². The molecular weight excluding hydrogens is 110 g/mol. The molecule has 2 rings (SSSR count). The van der Waals surface area contributed by atoms with Crippen molar-refractivity contribution in [1.29, 1.82) is 0 Å². The van der Waals surface area contributed by atoms with Crippen LogP contribution in [0.5, 0.6) is 0 Å². The van der Waals surface area contributed by atoms with E-state index in [0.29, 0.717) is 0 Å². The van der Waals surface area contributed by atoms with Gasteiger partial charge in [-0.2, -0.15) is 0 Å². The Bertz CT molecular complexity index is 90.7. The summed E-state index contributed by atoms with van der Waals surface area (Å²) in [7, 11) is 0. The standard InChI is InChI=1S/C8H15N/c1-2-4-7(5-3-1)8-6-9-8/h7-9H,1-6H2/t8-/m0/s1. The zero-order valence-electron chi connectivity index (χ0n) is 5.90. The van der Waals surface area contributed by atoms with Gasteiger partial charge >= 0.3 is 0 Å². The Kier molecular flexibility index (Phi) is 1.46. The first-order chi connectivity index (χ1) is 4.47. The summed E-state index contributed by atoms with van der Waals surface area (Å²) in [4.78, 5) is 0. The fourth-order valence-corrected chi connectivity index (χ4v) is 1.94. The molecule has 0 aromatic rings. The molecule has 0 radical (unpaired) electrons. The van der Waals surface area contributed by atoms with Gasteiger partial charge in [-0.1, -0.05) is 19.3 Å². The Balaban J connectivity index is 1.80. The molecule has 0 bridgehead atoms. The van der Waals surface area contributed by atoms with Crippen molar-refractivity contribution in [2.45, 2.75) is 38.1 Å². The highest BCUT2D eigenvalue weighted by Gasteiger charge is 2.30. The van der Waals surface area contributed by atoms with Gasteiger partial charge in [0.05, 0.1) is 0 Å². The van der Waals surface area contributed by atoms with E-state index in [1.165, 1.54) is 38.6 Å². The molecule has 1 aliphatic carbocycles. The van der Waals surface area contributed by atoms with Crippen LogP contribution in [0.3, 0.4) is 0 Å². The molecular formula is C8H15N. The minimum absolute atomic E-state index is 0.935. The van der Waals surface area contributed by atoms with Gasteiger partial charge in [0, 0.05) is 12.6 Å². The zero-order valence-corrected chi connectivity index (χ0v) is 5.90. The van der Waals surface area contributed by atoms with E-state index >= 15 is 0 Å². The molecule has 2 aliphatic rings. The lowest BCUT2D eigenvalue weighted by Gasteiger charge is -2.19. The summed E-state index contributed by atoms with van der Waals surface area (Å²) in [5.41, 5.74) is 0. The predicted molar refractivity (Wildman–Crippen MR) is 38.4 cm³/mol. The van der Waals surface area contributed by atoms with E-state index < -0.39 is 0 Å². The van der Waals surface area contributed by atoms with Gasteiger partial charge in [-0.15, -0.1) is 0 Å². The van der Waals surface area contributed by atoms with Gasteiger partial charge in [-0.25, -0.2) is 0 Å². The maximum atomic E-state index is 3.40. The van der Waals surface area contributed by atoms with E-state index in [1.54, 1.807) is 0 Å². The third kappa shape index (κ3) is 1.26. The summed E-state index contributed by atoms with van der Waals surface area (Å²) in [5.74, 6) is 1.05. The molecule has 1 heterocycles. The van der Waals surface area contributed by atoms with Gasteiger partial charge < -0.3 is 5.32 Å². The Morgan fingerprint density at radius 3 is 2.22 bits per heavy atom. The van der Waals surface area contributed by atoms with E-state index in [9.17, 15) is 0 Å². The zero-order chi connectivity index (χ0) is 6.10. The SMILES string of the molecule is C1CCC([C@@H]2CN2)CC1. The number of nitrogens with one attached hydrogen (secondary N) is 1. The Morgan fingerprint density at radius 1 is 1.00 bits per heavy atom. The van der Waals surface area contributed by atoms with Crippen molar-refractivity contribution >= 4 is 0 Å². The second-order valence-electron chi connectivity index (χ2n) is 3.41. The van der Waals surface area contributed by atoms with E-state index in [2.05, 4.69) is 5.32 Å². The molecule has 1 saturated heterocycles. The van der Waals surface area contributed by atoms with Crippen LogP contribution in [0.25, 0.3) is 0 Å². The van der Waals surface area contributed by atoms with Gasteiger partial charge in [0.15, 0.2) is 0 Å². The highest BCUT2D eigenvalue weighted by molar-refractivity contribution is 4.90. The molecule has 2 fully saturated rings. The quantitative estimate of drug-likeness (QED) is 0.527. The van der Waals surface area contributed by atoms with Crippen LogP contribution in [0, 0.1) is 5.92 Å². The maximum absolute atomic E-state index is 3.40. The van der Waals surface area contributed by atoms with Crippen molar-refractivity contribution in [1.82, 2.24) is 5.32 Å². The van der Waals surface area contributed by atoms with Crippen molar-refractivity contribution in [3.05, 3.63) is 0 Å². The van der Waals surface area contributed by atoms with Crippen LogP contribution in [-0.4, -0.2) is 12.6 Å². The van der Waals surface area contributed by atoms with E-state index in [0.717, 1.165) is 12.0 Å². The lowest BCUT2D eigenvalue weighted by atomic mass is 9.87. The minimum atomic E-state index is 0.935. The first-order valence-corrected chi connectivity index (χ1v) is 4.20. The largest absolute Gasteiger partial charge is 0.311 e. The Morgan fingerprint density at radius 2 is 1.67 bits per heavy atom. The molecule has 1 atom stereocenters. The van der Waals surface area contributed by atoms with Gasteiger partial charge in [-0.05, 0) is 18.8 Å². The van der Waals surface area contributed by atoms with Crippen molar-refractivity contribution in [3.63, 3.8) is 0 Å². The third-order valence-corrected chi connectivity index (χ3v) is 2.66. The molecule has 0 aromatic heterocycles. The summed E-state index contributed by atoms with van der Waals surface area (Å²) < 4.78 is 0. The first kappa shape index (κ1) is 5.72. The number of hydrogen-bond acceptors (Lipinski definition) is 1. The van der Waals surface area contributed by atoms with E-state index in [4.69, 9.17) is 0 Å². The normalized spacial score (nSPS) is 36.7. The number of hydrogen-bond donors (Lipinski definition) is 1. The van der Waals surface area contributed by atoms with Crippen LogP contribution < -0.4 is 5.32 Å². The molecule has 1 saturated carbocycles. The second kappa shape index (κ2) is 2.30. The van der Waals surface area contributed by atoms with Crippen molar-refractivity contribution in [2.75, 3.05) is 6.54 Å². The maximum Gasteiger partial charge on any atom is 0.0221 e. The molecule has 0 amide bonds. The lowest BCUT2D eigenvalue weighted by molar-refractivity contribution is 0.353. The summed E-state index contributed by atoms with van der Waals surface area (Å²) in [6, 6.07) is 0.935. The summed E-state index contributed by atoms with van der Waals surface area (Å²) >= 11 is 0. The fourth-order valence-electron chi connectivity index (χ4n) is 1.94. The van der Waals surface area contributed by atoms with Crippen LogP contribution in [-0.2, 0) is 0 Å². The van der Waals surface area contributed by atoms with Crippen LogP contribution in [0.15, 0.2) is 0 Å². The van der Waals surface area contributed by atoms with Gasteiger partial charge in [-0.3, -0.25) is 0 Å². The minimum Gasteiger partial charge on any atom is -0.311 e. The molecule has 9 heavy (non-hydrogen) atoms. The Hall–Kier alpha value is -0.0400. The van der Waals surface area contributed by atoms with Crippen LogP contribution in [0.4, 0.5) is 0 Å². The molecule has 1 N–H and O–H groups in total. The predicted octanol–water partition coefficient (Wildman–Crippen LogP) is 1.54. The van der Waals surface area contributed by atoms with Crippen LogP contribution in [0.1, 0.15) is 32.1 Å². The average molecular weight is 125 g/mol. The molecule has 0 spiro atoms. The Labute approximate surface area is 56.8 Å². The van der Waals surface area contributed by atoms with Crippen molar-refractivity contribution < 1.29 is 0 Å². The topological polar surface area (TPSA) is 21.9 Å². The molecule has 1 aliphatic heterocycles. The monoisotopic (exact) mass is 125 g/mol. The van der Waals surface area contributed by atoms with Gasteiger partial charge in [0.1, 0.15) is 0 Å². The van der Waals surface area contributed by atoms with E-state index in [1.807, 2.05) is 0 Å². The van der Waals surface area contributed by atoms with E-state index in [-0.39, 0.29) is 0 Å². The summed E-state index contributed by atoms with van der Waals surface area (Å²) in [5, 5.41) is 3.40. The van der Waals surface area contributed by atoms with Crippen LogP contribution >= 0.6 is 0 Å². The smallest absolute Gasteiger partial charge is 0.0221 e. The van der Waals surface area contributed by atoms with Crippen LogP contribution in [0.2, 0.25) is 0 Å². The molecule has 52 valence electrons. The summed E-state index contributed by atoms with van der Waals surface area (Å²) in [6.07, 6.45) is 7.46. The fraction of sp³-hybridized carbons (Fsp3) is 1.00. The summed E-state index contributed by atoms with van der Waals surface area (Å²) in [6.45, 7) is 1.31. The molecule has 0 unspecified atom stereocenters.